The lowest BCUT2D eigenvalue weighted by atomic mass is 10.1. The Kier molecular flexibility index (Phi) is 3.09. The third kappa shape index (κ3) is 2.15. The number of methoxy groups -OCH3 is 1. The maximum atomic E-state index is 5.09. The molecule has 0 spiro atoms. The number of ether oxygens (including phenoxy) is 1. The first-order valence-corrected chi connectivity index (χ1v) is 6.67. The molecular weight excluding hydrogens is 242 g/mol. The maximum absolute atomic E-state index is 5.09. The molecule has 0 amide bonds. The molecular formula is C15H13NOS. The van der Waals surface area contributed by atoms with E-state index in [1.165, 1.54) is 16.3 Å². The van der Waals surface area contributed by atoms with Crippen molar-refractivity contribution in [1.82, 2.24) is 4.98 Å². The average Bonchev–Trinajstić information content (AvgIpc) is 2.87. The van der Waals surface area contributed by atoms with Crippen LogP contribution in [-0.2, 0) is 11.3 Å². The standard InChI is InChI=1S/C15H13NOS/c1-17-9-14-10-18-15(16-14)13-7-6-11-4-2-3-5-12(11)8-13/h2-8,10H,9H2,1H3. The van der Waals surface area contributed by atoms with Gasteiger partial charge in [-0.05, 0) is 16.8 Å². The lowest BCUT2D eigenvalue weighted by Gasteiger charge is -2.00. The number of fused-ring (bicyclic) bond motifs is 1. The molecule has 3 aromatic rings. The van der Waals surface area contributed by atoms with Gasteiger partial charge in [-0.15, -0.1) is 11.3 Å². The van der Waals surface area contributed by atoms with E-state index in [0.29, 0.717) is 6.61 Å². The molecule has 18 heavy (non-hydrogen) atoms. The fraction of sp³-hybridized carbons (Fsp3) is 0.133. The Bertz CT molecular complexity index is 675. The number of nitrogens with zero attached hydrogens (tertiary/aromatic N) is 1. The van der Waals surface area contributed by atoms with E-state index in [-0.39, 0.29) is 0 Å². The van der Waals surface area contributed by atoms with Gasteiger partial charge in [0.05, 0.1) is 12.3 Å². The van der Waals surface area contributed by atoms with Crippen LogP contribution < -0.4 is 0 Å². The average molecular weight is 255 g/mol. The van der Waals surface area contributed by atoms with Gasteiger partial charge in [0.15, 0.2) is 0 Å². The van der Waals surface area contributed by atoms with Crippen molar-refractivity contribution in [3.8, 4) is 10.6 Å². The number of benzene rings is 2. The number of thiazole rings is 1. The van der Waals surface area contributed by atoms with E-state index < -0.39 is 0 Å². The molecule has 0 aliphatic heterocycles. The molecule has 0 aliphatic carbocycles. The number of aromatic nitrogens is 1. The van der Waals surface area contributed by atoms with Gasteiger partial charge in [0.25, 0.3) is 0 Å². The van der Waals surface area contributed by atoms with Crippen molar-refractivity contribution in [2.24, 2.45) is 0 Å². The molecule has 3 rings (SSSR count). The van der Waals surface area contributed by atoms with E-state index in [1.807, 2.05) is 5.38 Å². The zero-order valence-electron chi connectivity index (χ0n) is 10.1. The SMILES string of the molecule is COCc1csc(-c2ccc3ccccc3c2)n1. The Hall–Kier alpha value is -1.71. The molecule has 0 N–H and O–H groups in total. The Labute approximate surface area is 110 Å². The highest BCUT2D eigenvalue weighted by molar-refractivity contribution is 7.13. The molecule has 0 radical (unpaired) electrons. The minimum atomic E-state index is 0.573. The Morgan fingerprint density at radius 1 is 1.11 bits per heavy atom. The monoisotopic (exact) mass is 255 g/mol. The summed E-state index contributed by atoms with van der Waals surface area (Å²) in [5.41, 5.74) is 2.16. The predicted molar refractivity (Wildman–Crippen MR) is 75.8 cm³/mol. The van der Waals surface area contributed by atoms with Gasteiger partial charge in [0.2, 0.25) is 0 Å². The zero-order valence-corrected chi connectivity index (χ0v) is 10.9. The van der Waals surface area contributed by atoms with Crippen molar-refractivity contribution in [2.75, 3.05) is 7.11 Å². The quantitative estimate of drug-likeness (QED) is 0.702. The third-order valence-electron chi connectivity index (χ3n) is 2.84. The van der Waals surface area contributed by atoms with Crippen molar-refractivity contribution in [3.63, 3.8) is 0 Å². The van der Waals surface area contributed by atoms with E-state index in [9.17, 15) is 0 Å². The molecule has 0 bridgehead atoms. The fourth-order valence-corrected chi connectivity index (χ4v) is 2.78. The molecule has 1 heterocycles. The summed E-state index contributed by atoms with van der Waals surface area (Å²) in [6, 6.07) is 14.8. The smallest absolute Gasteiger partial charge is 0.123 e. The first kappa shape index (κ1) is 11.4. The summed E-state index contributed by atoms with van der Waals surface area (Å²) in [6.45, 7) is 0.573. The van der Waals surface area contributed by atoms with Gasteiger partial charge in [-0.3, -0.25) is 0 Å². The Balaban J connectivity index is 2.02. The summed E-state index contributed by atoms with van der Waals surface area (Å²) in [7, 11) is 1.69. The van der Waals surface area contributed by atoms with Crippen LogP contribution in [-0.4, -0.2) is 12.1 Å². The lowest BCUT2D eigenvalue weighted by molar-refractivity contribution is 0.182. The molecule has 0 fully saturated rings. The van der Waals surface area contributed by atoms with Crippen molar-refractivity contribution in [1.29, 1.82) is 0 Å². The second-order valence-corrected chi connectivity index (χ2v) is 5.00. The predicted octanol–water partition coefficient (Wildman–Crippen LogP) is 4.11. The Morgan fingerprint density at radius 3 is 2.78 bits per heavy atom. The fourth-order valence-electron chi connectivity index (χ4n) is 1.98. The van der Waals surface area contributed by atoms with E-state index in [2.05, 4.69) is 47.4 Å². The number of hydrogen-bond donors (Lipinski definition) is 0. The molecule has 3 heteroatoms. The van der Waals surface area contributed by atoms with E-state index in [1.54, 1.807) is 18.4 Å². The minimum absolute atomic E-state index is 0.573. The summed E-state index contributed by atoms with van der Waals surface area (Å²) >= 11 is 1.66. The first-order valence-electron chi connectivity index (χ1n) is 5.79. The van der Waals surface area contributed by atoms with Gasteiger partial charge in [-0.2, -0.15) is 0 Å². The Morgan fingerprint density at radius 2 is 1.94 bits per heavy atom. The molecule has 2 aromatic carbocycles. The maximum Gasteiger partial charge on any atom is 0.123 e. The van der Waals surface area contributed by atoms with Crippen LogP contribution in [0.4, 0.5) is 0 Å². The number of rotatable bonds is 3. The molecule has 0 unspecified atom stereocenters. The second-order valence-electron chi connectivity index (χ2n) is 4.14. The van der Waals surface area contributed by atoms with Gasteiger partial charge < -0.3 is 4.74 Å². The summed E-state index contributed by atoms with van der Waals surface area (Å²) in [5.74, 6) is 0. The van der Waals surface area contributed by atoms with Crippen LogP contribution >= 0.6 is 11.3 Å². The van der Waals surface area contributed by atoms with Crippen molar-refractivity contribution in [2.45, 2.75) is 6.61 Å². The van der Waals surface area contributed by atoms with Gasteiger partial charge in [0.1, 0.15) is 5.01 Å². The summed E-state index contributed by atoms with van der Waals surface area (Å²) in [4.78, 5) is 4.57. The van der Waals surface area contributed by atoms with E-state index in [0.717, 1.165) is 10.7 Å². The largest absolute Gasteiger partial charge is 0.378 e. The van der Waals surface area contributed by atoms with Crippen molar-refractivity contribution in [3.05, 3.63) is 53.5 Å². The highest BCUT2D eigenvalue weighted by atomic mass is 32.1. The van der Waals surface area contributed by atoms with Crippen LogP contribution in [0.3, 0.4) is 0 Å². The lowest BCUT2D eigenvalue weighted by Crippen LogP contribution is -1.87. The highest BCUT2D eigenvalue weighted by Gasteiger charge is 2.05. The van der Waals surface area contributed by atoms with E-state index >= 15 is 0 Å². The van der Waals surface area contributed by atoms with Crippen LogP contribution in [0.2, 0.25) is 0 Å². The third-order valence-corrected chi connectivity index (χ3v) is 3.78. The topological polar surface area (TPSA) is 22.1 Å². The van der Waals surface area contributed by atoms with Crippen LogP contribution in [0.1, 0.15) is 5.69 Å². The molecule has 0 saturated carbocycles. The molecule has 0 aliphatic rings. The van der Waals surface area contributed by atoms with Crippen molar-refractivity contribution < 1.29 is 4.74 Å². The van der Waals surface area contributed by atoms with E-state index in [4.69, 9.17) is 4.74 Å². The van der Waals surface area contributed by atoms with Crippen LogP contribution in [0, 0.1) is 0 Å². The van der Waals surface area contributed by atoms with Crippen molar-refractivity contribution >= 4 is 22.1 Å². The molecule has 2 nitrogen and oxygen atoms in total. The molecule has 90 valence electrons. The summed E-state index contributed by atoms with van der Waals surface area (Å²) in [6.07, 6.45) is 0. The normalized spacial score (nSPS) is 10.9. The molecule has 0 atom stereocenters. The van der Waals surface area contributed by atoms with Gasteiger partial charge in [-0.25, -0.2) is 4.98 Å². The zero-order chi connectivity index (χ0) is 12.4. The van der Waals surface area contributed by atoms with Gasteiger partial charge >= 0.3 is 0 Å². The molecule has 1 aromatic heterocycles. The van der Waals surface area contributed by atoms with Crippen LogP contribution in [0.25, 0.3) is 21.3 Å². The summed E-state index contributed by atoms with van der Waals surface area (Å²) in [5, 5.41) is 5.61. The van der Waals surface area contributed by atoms with Crippen LogP contribution in [0.15, 0.2) is 47.8 Å². The first-order chi connectivity index (χ1) is 8.86. The second kappa shape index (κ2) is 4.88. The number of hydrogen-bond acceptors (Lipinski definition) is 3. The van der Waals surface area contributed by atoms with Crippen LogP contribution in [0.5, 0.6) is 0 Å². The highest BCUT2D eigenvalue weighted by Crippen LogP contribution is 2.27. The minimum Gasteiger partial charge on any atom is -0.378 e. The van der Waals surface area contributed by atoms with Gasteiger partial charge in [-0.1, -0.05) is 36.4 Å². The molecule has 0 saturated heterocycles. The summed E-state index contributed by atoms with van der Waals surface area (Å²) < 4.78 is 5.09. The van der Waals surface area contributed by atoms with Gasteiger partial charge in [0, 0.05) is 18.1 Å².